The molecule has 21 heavy (non-hydrogen) atoms. The highest BCUT2D eigenvalue weighted by molar-refractivity contribution is 6.14. The van der Waals surface area contributed by atoms with Crippen LogP contribution in [0.2, 0.25) is 0 Å². The van der Waals surface area contributed by atoms with Crippen molar-refractivity contribution in [3.63, 3.8) is 0 Å². The first-order chi connectivity index (χ1) is 10.2. The van der Waals surface area contributed by atoms with Crippen molar-refractivity contribution in [2.45, 2.75) is 0 Å². The minimum atomic E-state index is -1.38. The molecule has 1 heterocycles. The summed E-state index contributed by atoms with van der Waals surface area (Å²) < 4.78 is 10.8. The van der Waals surface area contributed by atoms with Gasteiger partial charge in [-0.3, -0.25) is 4.79 Å². The van der Waals surface area contributed by atoms with Gasteiger partial charge in [0, 0.05) is 16.7 Å². The third kappa shape index (κ3) is 2.45. The number of ketones is 1. The van der Waals surface area contributed by atoms with Crippen molar-refractivity contribution >= 4 is 11.8 Å². The summed E-state index contributed by atoms with van der Waals surface area (Å²) in [6.07, 6.45) is 0. The van der Waals surface area contributed by atoms with Crippen molar-refractivity contribution in [1.29, 1.82) is 0 Å². The fourth-order valence-corrected chi connectivity index (χ4v) is 2.20. The van der Waals surface area contributed by atoms with Crippen LogP contribution in [0, 0.1) is 0 Å². The lowest BCUT2D eigenvalue weighted by atomic mass is 9.98. The molecule has 0 spiro atoms. The van der Waals surface area contributed by atoms with E-state index in [-0.39, 0.29) is 11.1 Å². The maximum Gasteiger partial charge on any atom is 0.193 e. The summed E-state index contributed by atoms with van der Waals surface area (Å²) >= 11 is 0. The highest BCUT2D eigenvalue weighted by atomic mass is 16.6. The maximum absolute atomic E-state index is 12.5. The van der Waals surface area contributed by atoms with Crippen LogP contribution in [0.3, 0.4) is 0 Å². The van der Waals surface area contributed by atoms with E-state index in [0.29, 0.717) is 30.3 Å². The van der Waals surface area contributed by atoms with Gasteiger partial charge in [-0.25, -0.2) is 0 Å². The molecule has 5 heteroatoms. The Morgan fingerprint density at radius 3 is 2.29 bits per heavy atom. The van der Waals surface area contributed by atoms with E-state index in [4.69, 9.17) is 9.47 Å². The van der Waals surface area contributed by atoms with Gasteiger partial charge < -0.3 is 19.4 Å². The molecule has 0 unspecified atom stereocenters. The number of carboxylic acid groups (broad SMARTS) is 1. The second kappa shape index (κ2) is 5.28. The Balaban J connectivity index is 2.01. The lowest BCUT2D eigenvalue weighted by molar-refractivity contribution is -0.255. The van der Waals surface area contributed by atoms with E-state index in [9.17, 15) is 14.7 Å². The van der Waals surface area contributed by atoms with Crippen molar-refractivity contribution in [2.75, 3.05) is 13.2 Å². The van der Waals surface area contributed by atoms with Gasteiger partial charge in [0.2, 0.25) is 0 Å². The maximum atomic E-state index is 12.5. The molecule has 1 aliphatic rings. The van der Waals surface area contributed by atoms with Gasteiger partial charge in [-0.15, -0.1) is 0 Å². The number of carbonyl (C=O) groups excluding carboxylic acids is 2. The number of ether oxygens (including phenoxy) is 2. The first-order valence-corrected chi connectivity index (χ1v) is 6.41. The quantitative estimate of drug-likeness (QED) is 0.787. The van der Waals surface area contributed by atoms with Crippen LogP contribution >= 0.6 is 0 Å². The molecule has 0 N–H and O–H groups in total. The standard InChI is InChI=1S/C16H12O5/c17-15(11-3-1-2-4-12(11)16(18)19)10-5-6-13-14(9-10)21-8-7-20-13/h1-6,9H,7-8H2,(H,18,19)/p-1. The summed E-state index contributed by atoms with van der Waals surface area (Å²) in [5.41, 5.74) is 0.305. The average molecular weight is 283 g/mol. The van der Waals surface area contributed by atoms with Crippen LogP contribution in [0.25, 0.3) is 0 Å². The summed E-state index contributed by atoms with van der Waals surface area (Å²) in [5.74, 6) is -0.715. The Bertz CT molecular complexity index is 720. The Hall–Kier alpha value is -2.82. The Labute approximate surface area is 120 Å². The van der Waals surface area contributed by atoms with Gasteiger partial charge in [0.25, 0.3) is 0 Å². The van der Waals surface area contributed by atoms with E-state index in [1.807, 2.05) is 0 Å². The van der Waals surface area contributed by atoms with Gasteiger partial charge in [0.05, 0.1) is 5.97 Å². The first kappa shape index (κ1) is 13.2. The van der Waals surface area contributed by atoms with Crippen LogP contribution < -0.4 is 14.6 Å². The highest BCUT2D eigenvalue weighted by Crippen LogP contribution is 2.31. The number of carboxylic acids is 1. The van der Waals surface area contributed by atoms with E-state index >= 15 is 0 Å². The fourth-order valence-electron chi connectivity index (χ4n) is 2.20. The van der Waals surface area contributed by atoms with E-state index in [1.165, 1.54) is 12.1 Å². The molecule has 0 saturated heterocycles. The zero-order valence-electron chi connectivity index (χ0n) is 11.0. The molecular formula is C16H11O5-. The second-order valence-corrected chi connectivity index (χ2v) is 4.52. The van der Waals surface area contributed by atoms with Gasteiger partial charge in [-0.05, 0) is 18.2 Å². The third-order valence-corrected chi connectivity index (χ3v) is 3.20. The molecule has 0 saturated carbocycles. The van der Waals surface area contributed by atoms with Crippen LogP contribution in [-0.4, -0.2) is 25.0 Å². The minimum absolute atomic E-state index is 0.0918. The number of rotatable bonds is 3. The molecule has 0 aliphatic carbocycles. The lowest BCUT2D eigenvalue weighted by Gasteiger charge is -2.19. The smallest absolute Gasteiger partial charge is 0.193 e. The summed E-state index contributed by atoms with van der Waals surface area (Å²) in [7, 11) is 0. The summed E-state index contributed by atoms with van der Waals surface area (Å²) in [6.45, 7) is 0.883. The molecule has 0 amide bonds. The Morgan fingerprint density at radius 2 is 1.57 bits per heavy atom. The minimum Gasteiger partial charge on any atom is -0.545 e. The van der Waals surface area contributed by atoms with Crippen LogP contribution in [0.5, 0.6) is 11.5 Å². The van der Waals surface area contributed by atoms with Crippen molar-refractivity contribution < 1.29 is 24.2 Å². The molecule has 0 aromatic heterocycles. The predicted molar refractivity (Wildman–Crippen MR) is 71.6 cm³/mol. The molecule has 0 radical (unpaired) electrons. The summed E-state index contributed by atoms with van der Waals surface area (Å²) in [6, 6.07) is 10.8. The summed E-state index contributed by atoms with van der Waals surface area (Å²) in [5, 5.41) is 11.1. The van der Waals surface area contributed by atoms with Crippen LogP contribution in [-0.2, 0) is 0 Å². The van der Waals surface area contributed by atoms with Crippen molar-refractivity contribution in [1.82, 2.24) is 0 Å². The van der Waals surface area contributed by atoms with Crippen molar-refractivity contribution in [3.8, 4) is 11.5 Å². The molecule has 0 fully saturated rings. The highest BCUT2D eigenvalue weighted by Gasteiger charge is 2.18. The van der Waals surface area contributed by atoms with Crippen molar-refractivity contribution in [3.05, 3.63) is 59.2 Å². The number of aromatic carboxylic acids is 1. The molecule has 5 nitrogen and oxygen atoms in total. The van der Waals surface area contributed by atoms with Gasteiger partial charge in [-0.2, -0.15) is 0 Å². The molecule has 2 aromatic carbocycles. The molecule has 106 valence electrons. The van der Waals surface area contributed by atoms with Gasteiger partial charge in [-0.1, -0.05) is 24.3 Å². The lowest BCUT2D eigenvalue weighted by Crippen LogP contribution is -2.25. The monoisotopic (exact) mass is 283 g/mol. The van der Waals surface area contributed by atoms with Crippen LogP contribution in [0.1, 0.15) is 26.3 Å². The normalized spacial score (nSPS) is 12.8. The number of benzene rings is 2. The SMILES string of the molecule is O=C([O-])c1ccccc1C(=O)c1ccc2c(c1)OCCO2. The van der Waals surface area contributed by atoms with E-state index in [1.54, 1.807) is 30.3 Å². The van der Waals surface area contributed by atoms with Crippen LogP contribution in [0.15, 0.2) is 42.5 Å². The molecule has 1 aliphatic heterocycles. The van der Waals surface area contributed by atoms with E-state index < -0.39 is 11.8 Å². The first-order valence-electron chi connectivity index (χ1n) is 6.41. The Morgan fingerprint density at radius 1 is 0.905 bits per heavy atom. The van der Waals surface area contributed by atoms with Crippen molar-refractivity contribution in [2.24, 2.45) is 0 Å². The van der Waals surface area contributed by atoms with E-state index in [0.717, 1.165) is 0 Å². The fraction of sp³-hybridized carbons (Fsp3) is 0.125. The van der Waals surface area contributed by atoms with Gasteiger partial charge in [0.1, 0.15) is 13.2 Å². The second-order valence-electron chi connectivity index (χ2n) is 4.52. The number of hydrogen-bond acceptors (Lipinski definition) is 5. The van der Waals surface area contributed by atoms with Crippen LogP contribution in [0.4, 0.5) is 0 Å². The molecule has 0 bridgehead atoms. The van der Waals surface area contributed by atoms with Gasteiger partial charge >= 0.3 is 0 Å². The zero-order valence-corrected chi connectivity index (χ0v) is 11.0. The largest absolute Gasteiger partial charge is 0.545 e. The third-order valence-electron chi connectivity index (χ3n) is 3.20. The number of carbonyl (C=O) groups is 2. The molecule has 2 aromatic rings. The topological polar surface area (TPSA) is 75.7 Å². The molecule has 3 rings (SSSR count). The molecular weight excluding hydrogens is 272 g/mol. The Kier molecular flexibility index (Phi) is 3.31. The zero-order chi connectivity index (χ0) is 14.8. The average Bonchev–Trinajstić information content (AvgIpc) is 2.53. The van der Waals surface area contributed by atoms with E-state index in [2.05, 4.69) is 0 Å². The number of fused-ring (bicyclic) bond motifs is 1. The predicted octanol–water partition coefficient (Wildman–Crippen LogP) is 1.05. The summed E-state index contributed by atoms with van der Waals surface area (Å²) in [4.78, 5) is 23.6. The number of hydrogen-bond donors (Lipinski definition) is 0. The van der Waals surface area contributed by atoms with Gasteiger partial charge in [0.15, 0.2) is 17.3 Å². The molecule has 0 atom stereocenters.